The van der Waals surface area contributed by atoms with E-state index in [-0.39, 0.29) is 0 Å². The van der Waals surface area contributed by atoms with Crippen LogP contribution in [0.1, 0.15) is 49.7 Å². The lowest BCUT2D eigenvalue weighted by Crippen LogP contribution is -2.46. The number of hydrogen-bond acceptors (Lipinski definition) is 2. The van der Waals surface area contributed by atoms with Crippen molar-refractivity contribution < 1.29 is 0 Å². The summed E-state index contributed by atoms with van der Waals surface area (Å²) in [5.74, 6) is 0.898. The molecule has 1 heterocycles. The van der Waals surface area contributed by atoms with Gasteiger partial charge in [-0.1, -0.05) is 30.5 Å². The van der Waals surface area contributed by atoms with Crippen molar-refractivity contribution in [1.29, 1.82) is 5.26 Å². The van der Waals surface area contributed by atoms with Crippen molar-refractivity contribution >= 4 is 11.6 Å². The topological polar surface area (TPSA) is 27.0 Å². The third kappa shape index (κ3) is 2.85. The summed E-state index contributed by atoms with van der Waals surface area (Å²) >= 11 is 6.32. The summed E-state index contributed by atoms with van der Waals surface area (Å²) in [4.78, 5) is 2.63. The number of halogens is 1. The molecule has 0 amide bonds. The molecule has 2 aliphatic rings. The second kappa shape index (κ2) is 6.16. The molecule has 3 rings (SSSR count). The van der Waals surface area contributed by atoms with Crippen LogP contribution in [0.2, 0.25) is 5.02 Å². The van der Waals surface area contributed by atoms with E-state index in [1.807, 2.05) is 12.1 Å². The molecule has 2 atom stereocenters. The van der Waals surface area contributed by atoms with E-state index in [0.29, 0.717) is 5.56 Å². The summed E-state index contributed by atoms with van der Waals surface area (Å²) < 4.78 is 0. The summed E-state index contributed by atoms with van der Waals surface area (Å²) in [6.07, 6.45) is 8.25. The first-order valence-corrected chi connectivity index (χ1v) is 8.08. The second-order valence-corrected chi connectivity index (χ2v) is 6.55. The highest BCUT2D eigenvalue weighted by atomic mass is 35.5. The van der Waals surface area contributed by atoms with Gasteiger partial charge in [-0.05, 0) is 55.8 Å². The van der Waals surface area contributed by atoms with Crippen LogP contribution in [-0.2, 0) is 6.54 Å². The number of rotatable bonds is 2. The van der Waals surface area contributed by atoms with Crippen LogP contribution < -0.4 is 0 Å². The summed E-state index contributed by atoms with van der Waals surface area (Å²) in [6, 6.07) is 8.59. The molecule has 0 N–H and O–H groups in total. The van der Waals surface area contributed by atoms with Crippen LogP contribution in [0, 0.1) is 17.2 Å². The molecule has 1 aromatic carbocycles. The maximum atomic E-state index is 8.91. The Morgan fingerprint density at radius 3 is 2.80 bits per heavy atom. The molecule has 0 aromatic heterocycles. The normalized spacial score (nSPS) is 26.8. The molecule has 0 radical (unpaired) electrons. The van der Waals surface area contributed by atoms with Gasteiger partial charge in [-0.3, -0.25) is 4.90 Å². The lowest BCUT2D eigenvalue weighted by atomic mass is 9.78. The SMILES string of the molecule is N#Cc1ccc(CN2CCCC3CCCCC32)c(Cl)c1. The van der Waals surface area contributed by atoms with Crippen LogP contribution >= 0.6 is 11.6 Å². The number of benzene rings is 1. The van der Waals surface area contributed by atoms with Gasteiger partial charge in [0.2, 0.25) is 0 Å². The molecule has 2 nitrogen and oxygen atoms in total. The number of nitriles is 1. The number of nitrogens with zero attached hydrogens (tertiary/aromatic N) is 2. The zero-order chi connectivity index (χ0) is 13.9. The van der Waals surface area contributed by atoms with Crippen molar-refractivity contribution in [1.82, 2.24) is 4.90 Å². The van der Waals surface area contributed by atoms with Gasteiger partial charge >= 0.3 is 0 Å². The molecule has 0 bridgehead atoms. The third-order valence-electron chi connectivity index (χ3n) is 4.91. The van der Waals surface area contributed by atoms with Crippen LogP contribution in [0.25, 0.3) is 0 Å². The first-order valence-electron chi connectivity index (χ1n) is 7.70. The summed E-state index contributed by atoms with van der Waals surface area (Å²) in [6.45, 7) is 2.13. The van der Waals surface area contributed by atoms with Gasteiger partial charge in [-0.15, -0.1) is 0 Å². The molecule has 2 fully saturated rings. The van der Waals surface area contributed by atoms with Crippen LogP contribution in [-0.4, -0.2) is 17.5 Å². The Labute approximate surface area is 126 Å². The molecule has 1 saturated carbocycles. The van der Waals surface area contributed by atoms with Gasteiger partial charge in [0.1, 0.15) is 0 Å². The highest BCUT2D eigenvalue weighted by Crippen LogP contribution is 2.36. The van der Waals surface area contributed by atoms with Gasteiger partial charge in [0.05, 0.1) is 11.6 Å². The Bertz CT molecular complexity index is 518. The Kier molecular flexibility index (Phi) is 4.29. The van der Waals surface area contributed by atoms with E-state index in [0.717, 1.165) is 29.1 Å². The quantitative estimate of drug-likeness (QED) is 0.808. The summed E-state index contributed by atoms with van der Waals surface area (Å²) in [5.41, 5.74) is 1.81. The molecule has 1 aliphatic heterocycles. The van der Waals surface area contributed by atoms with E-state index in [4.69, 9.17) is 16.9 Å². The molecule has 106 valence electrons. The Balaban J connectivity index is 1.74. The maximum absolute atomic E-state index is 8.91. The van der Waals surface area contributed by atoms with E-state index in [1.54, 1.807) is 6.07 Å². The largest absolute Gasteiger partial charge is 0.296 e. The smallest absolute Gasteiger partial charge is 0.0992 e. The van der Waals surface area contributed by atoms with Crippen molar-refractivity contribution in [3.05, 3.63) is 34.3 Å². The minimum Gasteiger partial charge on any atom is -0.296 e. The number of hydrogen-bond donors (Lipinski definition) is 0. The van der Waals surface area contributed by atoms with E-state index in [9.17, 15) is 0 Å². The molecule has 20 heavy (non-hydrogen) atoms. The minimum absolute atomic E-state index is 0.646. The van der Waals surface area contributed by atoms with Gasteiger partial charge < -0.3 is 0 Å². The van der Waals surface area contributed by atoms with Gasteiger partial charge in [0.25, 0.3) is 0 Å². The number of fused-ring (bicyclic) bond motifs is 1. The number of likely N-dealkylation sites (tertiary alicyclic amines) is 1. The minimum atomic E-state index is 0.646. The van der Waals surface area contributed by atoms with Crippen molar-refractivity contribution in [3.63, 3.8) is 0 Å². The van der Waals surface area contributed by atoms with E-state index in [1.165, 1.54) is 45.1 Å². The Hall–Kier alpha value is -1.04. The summed E-state index contributed by atoms with van der Waals surface area (Å²) in [7, 11) is 0. The monoisotopic (exact) mass is 288 g/mol. The highest BCUT2D eigenvalue weighted by Gasteiger charge is 2.33. The Morgan fingerprint density at radius 2 is 2.00 bits per heavy atom. The fraction of sp³-hybridized carbons (Fsp3) is 0.588. The van der Waals surface area contributed by atoms with Crippen molar-refractivity contribution in [2.45, 2.75) is 51.1 Å². The van der Waals surface area contributed by atoms with E-state index in [2.05, 4.69) is 11.0 Å². The summed E-state index contributed by atoms with van der Waals surface area (Å²) in [5, 5.41) is 9.65. The molecular weight excluding hydrogens is 268 g/mol. The second-order valence-electron chi connectivity index (χ2n) is 6.14. The highest BCUT2D eigenvalue weighted by molar-refractivity contribution is 6.31. The van der Waals surface area contributed by atoms with Crippen LogP contribution in [0.3, 0.4) is 0 Å². The number of piperidine rings is 1. The van der Waals surface area contributed by atoms with Gasteiger partial charge in [0, 0.05) is 17.6 Å². The average molecular weight is 289 g/mol. The predicted octanol–water partition coefficient (Wildman–Crippen LogP) is 4.37. The third-order valence-corrected chi connectivity index (χ3v) is 5.27. The molecule has 1 aliphatic carbocycles. The van der Waals surface area contributed by atoms with Gasteiger partial charge in [0.15, 0.2) is 0 Å². The molecule has 3 heteroatoms. The zero-order valence-corrected chi connectivity index (χ0v) is 12.6. The fourth-order valence-electron chi connectivity index (χ4n) is 3.89. The standard InChI is InChI=1S/C17H21ClN2/c18-16-10-13(11-19)7-8-15(16)12-20-9-3-5-14-4-1-2-6-17(14)20/h7-8,10,14,17H,1-6,9,12H2. The van der Waals surface area contributed by atoms with Crippen LogP contribution in [0.4, 0.5) is 0 Å². The fourth-order valence-corrected chi connectivity index (χ4v) is 4.13. The Morgan fingerprint density at radius 1 is 1.20 bits per heavy atom. The van der Waals surface area contributed by atoms with Gasteiger partial charge in [-0.2, -0.15) is 5.26 Å². The lowest BCUT2D eigenvalue weighted by molar-refractivity contribution is 0.0547. The molecular formula is C17H21ClN2. The maximum Gasteiger partial charge on any atom is 0.0992 e. The predicted molar refractivity (Wildman–Crippen MR) is 81.6 cm³/mol. The first kappa shape index (κ1) is 13.9. The van der Waals surface area contributed by atoms with Crippen molar-refractivity contribution in [2.75, 3.05) is 6.54 Å². The average Bonchev–Trinajstić information content (AvgIpc) is 2.49. The molecule has 1 saturated heterocycles. The van der Waals surface area contributed by atoms with Crippen LogP contribution in [0.5, 0.6) is 0 Å². The zero-order valence-electron chi connectivity index (χ0n) is 11.8. The molecule has 2 unspecified atom stereocenters. The molecule has 0 spiro atoms. The van der Waals surface area contributed by atoms with E-state index < -0.39 is 0 Å². The first-order chi connectivity index (χ1) is 9.78. The van der Waals surface area contributed by atoms with E-state index >= 15 is 0 Å². The van der Waals surface area contributed by atoms with Gasteiger partial charge in [-0.25, -0.2) is 0 Å². The molecule has 1 aromatic rings. The lowest BCUT2D eigenvalue weighted by Gasteiger charge is -2.44. The van der Waals surface area contributed by atoms with Crippen LogP contribution in [0.15, 0.2) is 18.2 Å². The van der Waals surface area contributed by atoms with Crippen molar-refractivity contribution in [2.24, 2.45) is 5.92 Å². The van der Waals surface area contributed by atoms with Crippen molar-refractivity contribution in [3.8, 4) is 6.07 Å².